The first kappa shape index (κ1) is 14.5. The lowest BCUT2D eigenvalue weighted by atomic mass is 9.98. The summed E-state index contributed by atoms with van der Waals surface area (Å²) in [6.45, 7) is 0. The quantitative estimate of drug-likeness (QED) is 0.844. The van der Waals surface area contributed by atoms with E-state index in [1.54, 1.807) is 18.2 Å². The SMILES string of the molecule is NC(Cc1ccc(F)cc1)c1cccc(C(F)(F)F)c1. The minimum atomic E-state index is -4.38. The van der Waals surface area contributed by atoms with Crippen LogP contribution in [0.15, 0.2) is 48.5 Å². The summed E-state index contributed by atoms with van der Waals surface area (Å²) in [6, 6.07) is 10.1. The molecule has 0 fully saturated rings. The highest BCUT2D eigenvalue weighted by Crippen LogP contribution is 2.30. The van der Waals surface area contributed by atoms with E-state index in [4.69, 9.17) is 5.73 Å². The van der Waals surface area contributed by atoms with E-state index in [0.717, 1.165) is 17.7 Å². The Morgan fingerprint density at radius 2 is 1.65 bits per heavy atom. The number of alkyl halides is 3. The summed E-state index contributed by atoms with van der Waals surface area (Å²) < 4.78 is 50.6. The first-order valence-electron chi connectivity index (χ1n) is 6.03. The van der Waals surface area contributed by atoms with Gasteiger partial charge in [-0.25, -0.2) is 4.39 Å². The Morgan fingerprint density at radius 1 is 1.00 bits per heavy atom. The molecule has 1 atom stereocenters. The highest BCUT2D eigenvalue weighted by Gasteiger charge is 2.30. The second kappa shape index (κ2) is 5.63. The summed E-state index contributed by atoms with van der Waals surface area (Å²) >= 11 is 0. The summed E-state index contributed by atoms with van der Waals surface area (Å²) in [7, 11) is 0. The van der Waals surface area contributed by atoms with Gasteiger partial charge in [-0.3, -0.25) is 0 Å². The molecule has 0 saturated carbocycles. The molecule has 2 rings (SSSR count). The van der Waals surface area contributed by atoms with Gasteiger partial charge in [0, 0.05) is 6.04 Å². The van der Waals surface area contributed by atoms with Crippen LogP contribution in [0.5, 0.6) is 0 Å². The van der Waals surface area contributed by atoms with Crippen LogP contribution >= 0.6 is 0 Å². The van der Waals surface area contributed by atoms with Gasteiger partial charge in [0.2, 0.25) is 0 Å². The highest BCUT2D eigenvalue weighted by atomic mass is 19.4. The first-order chi connectivity index (χ1) is 9.36. The van der Waals surface area contributed by atoms with Gasteiger partial charge in [-0.2, -0.15) is 13.2 Å². The summed E-state index contributed by atoms with van der Waals surface area (Å²) in [6.07, 6.45) is -4.03. The lowest BCUT2D eigenvalue weighted by molar-refractivity contribution is -0.137. The predicted octanol–water partition coefficient (Wildman–Crippen LogP) is 4.09. The molecule has 1 unspecified atom stereocenters. The molecule has 0 aliphatic carbocycles. The molecular weight excluding hydrogens is 270 g/mol. The standard InChI is InChI=1S/C15H13F4N/c16-13-6-4-10(5-7-13)8-14(20)11-2-1-3-12(9-11)15(17,18)19/h1-7,9,14H,8,20H2. The summed E-state index contributed by atoms with van der Waals surface area (Å²) in [5.41, 5.74) is 6.38. The molecule has 0 spiro atoms. The number of nitrogens with two attached hydrogens (primary N) is 1. The average molecular weight is 283 g/mol. The van der Waals surface area contributed by atoms with E-state index >= 15 is 0 Å². The summed E-state index contributed by atoms with van der Waals surface area (Å²) in [5, 5.41) is 0. The van der Waals surface area contributed by atoms with Gasteiger partial charge in [0.15, 0.2) is 0 Å². The summed E-state index contributed by atoms with van der Waals surface area (Å²) in [4.78, 5) is 0. The Hall–Kier alpha value is -1.88. The third kappa shape index (κ3) is 3.57. The van der Waals surface area contributed by atoms with Crippen molar-refractivity contribution in [2.45, 2.75) is 18.6 Å². The number of benzene rings is 2. The lowest BCUT2D eigenvalue weighted by Crippen LogP contribution is -2.15. The van der Waals surface area contributed by atoms with E-state index < -0.39 is 17.8 Å². The fourth-order valence-electron chi connectivity index (χ4n) is 1.94. The number of rotatable bonds is 3. The van der Waals surface area contributed by atoms with Gasteiger partial charge in [0.1, 0.15) is 5.82 Å². The van der Waals surface area contributed by atoms with Crippen molar-refractivity contribution in [2.24, 2.45) is 5.73 Å². The van der Waals surface area contributed by atoms with Gasteiger partial charge in [-0.05, 0) is 41.8 Å². The molecule has 106 valence electrons. The molecule has 0 heterocycles. The van der Waals surface area contributed by atoms with Crippen LogP contribution in [-0.2, 0) is 12.6 Å². The van der Waals surface area contributed by atoms with Crippen molar-refractivity contribution in [1.82, 2.24) is 0 Å². The lowest BCUT2D eigenvalue weighted by Gasteiger charge is -2.14. The van der Waals surface area contributed by atoms with Gasteiger partial charge >= 0.3 is 6.18 Å². The number of halogens is 4. The predicted molar refractivity (Wildman–Crippen MR) is 68.5 cm³/mol. The fraction of sp³-hybridized carbons (Fsp3) is 0.200. The zero-order chi connectivity index (χ0) is 14.8. The van der Waals surface area contributed by atoms with Crippen LogP contribution in [0.2, 0.25) is 0 Å². The van der Waals surface area contributed by atoms with E-state index in [9.17, 15) is 17.6 Å². The molecule has 2 N–H and O–H groups in total. The van der Waals surface area contributed by atoms with Gasteiger partial charge in [0.05, 0.1) is 5.56 Å². The molecule has 0 amide bonds. The molecule has 5 heteroatoms. The largest absolute Gasteiger partial charge is 0.416 e. The van der Waals surface area contributed by atoms with Crippen LogP contribution in [0.4, 0.5) is 17.6 Å². The van der Waals surface area contributed by atoms with Crippen LogP contribution in [0, 0.1) is 5.82 Å². The molecule has 2 aromatic carbocycles. The normalized spacial score (nSPS) is 13.2. The number of hydrogen-bond acceptors (Lipinski definition) is 1. The van der Waals surface area contributed by atoms with Crippen LogP contribution in [0.25, 0.3) is 0 Å². The Bertz CT molecular complexity index is 575. The molecule has 0 aliphatic rings. The maximum atomic E-state index is 12.8. The summed E-state index contributed by atoms with van der Waals surface area (Å²) in [5.74, 6) is -0.360. The second-order valence-electron chi connectivity index (χ2n) is 4.56. The Morgan fingerprint density at radius 3 is 2.25 bits per heavy atom. The van der Waals surface area contributed by atoms with E-state index in [1.807, 2.05) is 0 Å². The maximum Gasteiger partial charge on any atom is 0.416 e. The third-order valence-corrected chi connectivity index (χ3v) is 3.01. The van der Waals surface area contributed by atoms with Crippen LogP contribution < -0.4 is 5.73 Å². The van der Waals surface area contributed by atoms with Gasteiger partial charge in [-0.1, -0.05) is 24.3 Å². The van der Waals surface area contributed by atoms with E-state index in [1.165, 1.54) is 18.2 Å². The van der Waals surface area contributed by atoms with E-state index in [-0.39, 0.29) is 5.82 Å². The van der Waals surface area contributed by atoms with Crippen molar-refractivity contribution in [3.05, 3.63) is 71.0 Å². The molecule has 0 aliphatic heterocycles. The van der Waals surface area contributed by atoms with Crippen molar-refractivity contribution in [3.63, 3.8) is 0 Å². The van der Waals surface area contributed by atoms with Crippen molar-refractivity contribution in [2.75, 3.05) is 0 Å². The minimum Gasteiger partial charge on any atom is -0.324 e. The van der Waals surface area contributed by atoms with Crippen molar-refractivity contribution in [1.29, 1.82) is 0 Å². The average Bonchev–Trinajstić information content (AvgIpc) is 2.40. The molecule has 0 bridgehead atoms. The fourth-order valence-corrected chi connectivity index (χ4v) is 1.94. The zero-order valence-electron chi connectivity index (χ0n) is 10.5. The zero-order valence-corrected chi connectivity index (χ0v) is 10.5. The molecule has 20 heavy (non-hydrogen) atoms. The highest BCUT2D eigenvalue weighted by molar-refractivity contribution is 5.29. The minimum absolute atomic E-state index is 0.349. The topological polar surface area (TPSA) is 26.0 Å². The van der Waals surface area contributed by atoms with Crippen molar-refractivity contribution >= 4 is 0 Å². The van der Waals surface area contributed by atoms with Crippen LogP contribution in [-0.4, -0.2) is 0 Å². The molecule has 0 radical (unpaired) electrons. The molecule has 0 aromatic heterocycles. The van der Waals surface area contributed by atoms with Gasteiger partial charge < -0.3 is 5.73 Å². The van der Waals surface area contributed by atoms with Gasteiger partial charge in [-0.15, -0.1) is 0 Å². The Labute approximate surface area is 114 Å². The van der Waals surface area contributed by atoms with Crippen molar-refractivity contribution < 1.29 is 17.6 Å². The Kier molecular flexibility index (Phi) is 4.09. The second-order valence-corrected chi connectivity index (χ2v) is 4.56. The molecule has 2 aromatic rings. The van der Waals surface area contributed by atoms with Crippen LogP contribution in [0.3, 0.4) is 0 Å². The maximum absolute atomic E-state index is 12.8. The van der Waals surface area contributed by atoms with Crippen LogP contribution in [0.1, 0.15) is 22.7 Å². The van der Waals surface area contributed by atoms with Crippen molar-refractivity contribution in [3.8, 4) is 0 Å². The first-order valence-corrected chi connectivity index (χ1v) is 6.03. The molecule has 1 nitrogen and oxygen atoms in total. The van der Waals surface area contributed by atoms with E-state index in [0.29, 0.717) is 12.0 Å². The third-order valence-electron chi connectivity index (χ3n) is 3.01. The smallest absolute Gasteiger partial charge is 0.324 e. The van der Waals surface area contributed by atoms with Gasteiger partial charge in [0.25, 0.3) is 0 Å². The number of hydrogen-bond donors (Lipinski definition) is 1. The Balaban J connectivity index is 2.17. The monoisotopic (exact) mass is 283 g/mol. The van der Waals surface area contributed by atoms with E-state index in [2.05, 4.69) is 0 Å². The molecular formula is C15H13F4N. The molecule has 0 saturated heterocycles.